The molecular weight excluding hydrogens is 174 g/mol. The molecule has 0 fully saturated rings. The van der Waals surface area contributed by atoms with Crippen molar-refractivity contribution in [2.24, 2.45) is 0 Å². The molecule has 0 atom stereocenters. The molecule has 0 N–H and O–H groups in total. The van der Waals surface area contributed by atoms with E-state index < -0.39 is 0 Å². The Morgan fingerprint density at radius 1 is 1.43 bits per heavy atom. The summed E-state index contributed by atoms with van der Waals surface area (Å²) in [6.07, 6.45) is 1.20. The van der Waals surface area contributed by atoms with Crippen LogP contribution in [0.4, 0.5) is 0 Å². The van der Waals surface area contributed by atoms with E-state index >= 15 is 0 Å². The Bertz CT molecular complexity index is 450. The van der Waals surface area contributed by atoms with Gasteiger partial charge in [-0.05, 0) is 18.6 Å². The maximum absolute atomic E-state index is 8.53. The Kier molecular flexibility index (Phi) is 2.24. The highest BCUT2D eigenvalue weighted by Crippen LogP contribution is 2.29. The number of rotatable bonds is 2. The fourth-order valence-corrected chi connectivity index (χ4v) is 1.67. The second-order valence-corrected chi connectivity index (χ2v) is 3.33. The van der Waals surface area contributed by atoms with Crippen molar-refractivity contribution in [3.63, 3.8) is 0 Å². The van der Waals surface area contributed by atoms with Gasteiger partial charge in [0.2, 0.25) is 0 Å². The van der Waals surface area contributed by atoms with Gasteiger partial charge in [-0.2, -0.15) is 5.26 Å². The van der Waals surface area contributed by atoms with Crippen LogP contribution in [0.2, 0.25) is 0 Å². The second-order valence-electron chi connectivity index (χ2n) is 3.33. The van der Waals surface area contributed by atoms with Gasteiger partial charge in [0.05, 0.1) is 6.07 Å². The van der Waals surface area contributed by atoms with Crippen molar-refractivity contribution in [3.05, 3.63) is 35.8 Å². The monoisotopic (exact) mass is 185 g/mol. The fourth-order valence-electron chi connectivity index (χ4n) is 1.67. The SMILES string of the molecule is Cc1cc2cccc-2c(CCC#N)o1. The van der Waals surface area contributed by atoms with E-state index in [1.807, 2.05) is 25.1 Å². The highest BCUT2D eigenvalue weighted by Gasteiger charge is 2.10. The van der Waals surface area contributed by atoms with Gasteiger partial charge in [0.25, 0.3) is 0 Å². The third-order valence-electron chi connectivity index (χ3n) is 2.26. The quantitative estimate of drug-likeness (QED) is 0.720. The summed E-state index contributed by atoms with van der Waals surface area (Å²) in [6.45, 7) is 1.93. The molecule has 0 radical (unpaired) electrons. The summed E-state index contributed by atoms with van der Waals surface area (Å²) < 4.78 is 5.60. The topological polar surface area (TPSA) is 36.9 Å². The maximum atomic E-state index is 8.53. The summed E-state index contributed by atoms with van der Waals surface area (Å²) in [6, 6.07) is 10.3. The molecule has 0 spiro atoms. The lowest BCUT2D eigenvalue weighted by molar-refractivity contribution is 0.468. The van der Waals surface area contributed by atoms with Gasteiger partial charge in [0, 0.05) is 18.4 Å². The minimum atomic E-state index is 0.507. The van der Waals surface area contributed by atoms with Gasteiger partial charge in [-0.25, -0.2) is 0 Å². The van der Waals surface area contributed by atoms with Gasteiger partial charge in [0.1, 0.15) is 11.5 Å². The van der Waals surface area contributed by atoms with Crippen LogP contribution in [0, 0.1) is 18.3 Å². The molecule has 1 aliphatic carbocycles. The number of fused-ring (bicyclic) bond motifs is 1. The van der Waals surface area contributed by atoms with Crippen LogP contribution in [0.25, 0.3) is 11.1 Å². The second kappa shape index (κ2) is 3.55. The molecule has 2 heteroatoms. The van der Waals surface area contributed by atoms with Crippen molar-refractivity contribution in [2.75, 3.05) is 0 Å². The standard InChI is InChI=1S/C12H11NO/c1-9-8-10-4-2-5-11(10)12(14-9)6-3-7-13/h2,4-5,8H,3,6H2,1H3. The highest BCUT2D eigenvalue weighted by atomic mass is 16.3. The Morgan fingerprint density at radius 3 is 3.07 bits per heavy atom. The first kappa shape index (κ1) is 8.83. The molecule has 2 rings (SSSR count). The van der Waals surface area contributed by atoms with Crippen molar-refractivity contribution >= 4 is 0 Å². The van der Waals surface area contributed by atoms with E-state index in [0.29, 0.717) is 12.8 Å². The first-order chi connectivity index (χ1) is 6.81. The summed E-state index contributed by atoms with van der Waals surface area (Å²) in [5, 5.41) is 8.53. The predicted octanol–water partition coefficient (Wildman–Crippen LogP) is 3.15. The summed E-state index contributed by atoms with van der Waals surface area (Å²) in [4.78, 5) is 0. The Balaban J connectivity index is 2.44. The molecule has 14 heavy (non-hydrogen) atoms. The van der Waals surface area contributed by atoms with Crippen LogP contribution in [0.3, 0.4) is 0 Å². The van der Waals surface area contributed by atoms with Crippen LogP contribution in [0.1, 0.15) is 17.9 Å². The van der Waals surface area contributed by atoms with E-state index in [4.69, 9.17) is 9.68 Å². The van der Waals surface area contributed by atoms with E-state index in [-0.39, 0.29) is 0 Å². The van der Waals surface area contributed by atoms with E-state index in [1.165, 1.54) is 5.56 Å². The zero-order chi connectivity index (χ0) is 9.97. The van der Waals surface area contributed by atoms with Crippen LogP contribution >= 0.6 is 0 Å². The molecule has 0 saturated heterocycles. The van der Waals surface area contributed by atoms with E-state index in [0.717, 1.165) is 17.1 Å². The first-order valence-electron chi connectivity index (χ1n) is 4.66. The summed E-state index contributed by atoms with van der Waals surface area (Å²) in [7, 11) is 0. The molecule has 1 aliphatic heterocycles. The van der Waals surface area contributed by atoms with Crippen molar-refractivity contribution in [2.45, 2.75) is 19.8 Å². The molecule has 0 aromatic heterocycles. The van der Waals surface area contributed by atoms with Crippen LogP contribution in [-0.2, 0) is 6.42 Å². The number of nitrogens with zero attached hydrogens (tertiary/aromatic N) is 1. The fraction of sp³-hybridized carbons (Fsp3) is 0.250. The third-order valence-corrected chi connectivity index (χ3v) is 2.26. The first-order valence-corrected chi connectivity index (χ1v) is 4.66. The van der Waals surface area contributed by atoms with E-state index in [2.05, 4.69) is 12.1 Å². The lowest BCUT2D eigenvalue weighted by Gasteiger charge is -2.07. The molecule has 0 bridgehead atoms. The van der Waals surface area contributed by atoms with Crippen molar-refractivity contribution in [1.82, 2.24) is 0 Å². The molecule has 2 nitrogen and oxygen atoms in total. The molecule has 0 aromatic carbocycles. The van der Waals surface area contributed by atoms with Crippen LogP contribution in [-0.4, -0.2) is 0 Å². The normalized spacial score (nSPS) is 10.3. The molecule has 1 heterocycles. The lowest BCUT2D eigenvalue weighted by atomic mass is 10.1. The molecule has 0 unspecified atom stereocenters. The van der Waals surface area contributed by atoms with Crippen LogP contribution in [0.5, 0.6) is 0 Å². The smallest absolute Gasteiger partial charge is 0.112 e. The summed E-state index contributed by atoms with van der Waals surface area (Å²) in [5.41, 5.74) is 2.33. The van der Waals surface area contributed by atoms with Gasteiger partial charge >= 0.3 is 0 Å². The van der Waals surface area contributed by atoms with Gasteiger partial charge in [-0.15, -0.1) is 0 Å². The van der Waals surface area contributed by atoms with Crippen LogP contribution in [0.15, 0.2) is 28.7 Å². The van der Waals surface area contributed by atoms with E-state index in [9.17, 15) is 0 Å². The largest absolute Gasteiger partial charge is 0.466 e. The number of hydrogen-bond acceptors (Lipinski definition) is 2. The summed E-state index contributed by atoms with van der Waals surface area (Å²) in [5.74, 6) is 1.82. The molecule has 0 aromatic rings. The number of hydrogen-bond donors (Lipinski definition) is 0. The van der Waals surface area contributed by atoms with Gasteiger partial charge in [-0.3, -0.25) is 0 Å². The lowest BCUT2D eigenvalue weighted by Crippen LogP contribution is -1.90. The van der Waals surface area contributed by atoms with Gasteiger partial charge in [-0.1, -0.05) is 18.2 Å². The zero-order valence-electron chi connectivity index (χ0n) is 8.08. The molecule has 70 valence electrons. The molecule has 0 amide bonds. The average Bonchev–Trinajstić information content (AvgIpc) is 2.61. The minimum Gasteiger partial charge on any atom is -0.466 e. The molecular formula is C12H11NO. The number of nitriles is 1. The minimum absolute atomic E-state index is 0.507. The van der Waals surface area contributed by atoms with Gasteiger partial charge in [0.15, 0.2) is 0 Å². The Morgan fingerprint density at radius 2 is 2.29 bits per heavy atom. The maximum Gasteiger partial charge on any atom is 0.112 e. The number of aryl methyl sites for hydroxylation is 2. The average molecular weight is 185 g/mol. The van der Waals surface area contributed by atoms with Gasteiger partial charge < -0.3 is 4.42 Å². The van der Waals surface area contributed by atoms with Crippen molar-refractivity contribution in [3.8, 4) is 17.2 Å². The highest BCUT2D eigenvalue weighted by molar-refractivity contribution is 5.68. The Labute approximate surface area is 83.1 Å². The molecule has 2 aliphatic rings. The van der Waals surface area contributed by atoms with E-state index in [1.54, 1.807) is 0 Å². The van der Waals surface area contributed by atoms with Crippen LogP contribution < -0.4 is 0 Å². The van der Waals surface area contributed by atoms with Crippen molar-refractivity contribution in [1.29, 1.82) is 5.26 Å². The third kappa shape index (κ3) is 1.49. The molecule has 0 saturated carbocycles. The zero-order valence-corrected chi connectivity index (χ0v) is 8.08. The Hall–Kier alpha value is -1.75. The van der Waals surface area contributed by atoms with Crippen molar-refractivity contribution < 1.29 is 4.42 Å². The predicted molar refractivity (Wildman–Crippen MR) is 54.0 cm³/mol. The summed E-state index contributed by atoms with van der Waals surface area (Å²) >= 11 is 0.